The van der Waals surface area contributed by atoms with Gasteiger partial charge in [-0.15, -0.1) is 0 Å². The molecule has 1 aromatic heterocycles. The second-order valence-corrected chi connectivity index (χ2v) is 3.33. The van der Waals surface area contributed by atoms with E-state index >= 15 is 0 Å². The number of hydrogen-bond donors (Lipinski definition) is 1. The van der Waals surface area contributed by atoms with Gasteiger partial charge in [0, 0.05) is 6.20 Å². The Labute approximate surface area is 89.6 Å². The van der Waals surface area contributed by atoms with Gasteiger partial charge in [0.25, 0.3) is 5.56 Å². The summed E-state index contributed by atoms with van der Waals surface area (Å²) < 4.78 is 12.9. The number of nitrogens with zero attached hydrogens (tertiary/aromatic N) is 1. The second kappa shape index (κ2) is 3.82. The Morgan fingerprint density at radius 2 is 2.20 bits per heavy atom. The highest BCUT2D eigenvalue weighted by atomic mass is 35.5. The molecule has 0 saturated heterocycles. The highest BCUT2D eigenvalue weighted by molar-refractivity contribution is 6.31. The topological polar surface area (TPSA) is 45.8 Å². The summed E-state index contributed by atoms with van der Waals surface area (Å²) in [5, 5.41) is -0.0178. The minimum atomic E-state index is -0.513. The van der Waals surface area contributed by atoms with Crippen LogP contribution in [0.5, 0.6) is 0 Å². The van der Waals surface area contributed by atoms with Crippen molar-refractivity contribution >= 4 is 11.6 Å². The Kier molecular flexibility index (Phi) is 2.51. The first-order valence-electron chi connectivity index (χ1n) is 4.16. The van der Waals surface area contributed by atoms with E-state index in [2.05, 4.69) is 9.97 Å². The third-order valence-electron chi connectivity index (χ3n) is 1.95. The monoisotopic (exact) mass is 224 g/mol. The lowest BCUT2D eigenvalue weighted by Crippen LogP contribution is -2.08. The van der Waals surface area contributed by atoms with Crippen LogP contribution in [0, 0.1) is 5.82 Å². The maximum atomic E-state index is 12.9. The molecule has 0 amide bonds. The first-order valence-corrected chi connectivity index (χ1v) is 4.54. The molecule has 5 heteroatoms. The Balaban J connectivity index is 2.60. The zero-order valence-electron chi connectivity index (χ0n) is 7.50. The number of rotatable bonds is 1. The van der Waals surface area contributed by atoms with Crippen molar-refractivity contribution in [2.75, 3.05) is 0 Å². The van der Waals surface area contributed by atoms with Crippen LogP contribution in [-0.4, -0.2) is 9.97 Å². The van der Waals surface area contributed by atoms with Gasteiger partial charge in [0.05, 0.1) is 16.9 Å². The Morgan fingerprint density at radius 3 is 2.87 bits per heavy atom. The molecule has 1 N–H and O–H groups in total. The summed E-state index contributed by atoms with van der Waals surface area (Å²) in [6, 6.07) is 4.08. The summed E-state index contributed by atoms with van der Waals surface area (Å²) >= 11 is 5.61. The molecular weight excluding hydrogens is 219 g/mol. The Bertz CT molecular complexity index is 553. The quantitative estimate of drug-likeness (QED) is 0.808. The first kappa shape index (κ1) is 9.86. The molecule has 0 aliphatic rings. The fourth-order valence-electron chi connectivity index (χ4n) is 1.21. The van der Waals surface area contributed by atoms with Gasteiger partial charge in [-0.1, -0.05) is 17.7 Å². The van der Waals surface area contributed by atoms with Crippen LogP contribution in [0.4, 0.5) is 4.39 Å². The van der Waals surface area contributed by atoms with Crippen LogP contribution in [0.2, 0.25) is 5.02 Å². The van der Waals surface area contributed by atoms with E-state index in [1.807, 2.05) is 0 Å². The van der Waals surface area contributed by atoms with Crippen molar-refractivity contribution in [3.8, 4) is 11.1 Å². The number of aromatic nitrogens is 2. The number of aromatic amines is 1. The molecule has 0 aliphatic carbocycles. The van der Waals surface area contributed by atoms with Gasteiger partial charge >= 0.3 is 0 Å². The second-order valence-electron chi connectivity index (χ2n) is 2.92. The highest BCUT2D eigenvalue weighted by Gasteiger charge is 2.06. The fourth-order valence-corrected chi connectivity index (χ4v) is 1.39. The van der Waals surface area contributed by atoms with Crippen LogP contribution in [-0.2, 0) is 0 Å². The normalized spacial score (nSPS) is 10.3. The van der Waals surface area contributed by atoms with Crippen molar-refractivity contribution in [2.45, 2.75) is 0 Å². The molecule has 0 radical (unpaired) electrons. The van der Waals surface area contributed by atoms with Crippen LogP contribution in [0.1, 0.15) is 0 Å². The summed E-state index contributed by atoms with van der Waals surface area (Å²) in [4.78, 5) is 17.6. The van der Waals surface area contributed by atoms with Crippen LogP contribution in [0.15, 0.2) is 35.5 Å². The summed E-state index contributed by atoms with van der Waals surface area (Å²) in [6.07, 6.45) is 2.69. The van der Waals surface area contributed by atoms with Crippen LogP contribution < -0.4 is 5.56 Å². The molecule has 0 bridgehead atoms. The first-order chi connectivity index (χ1) is 7.18. The molecule has 0 atom stereocenters. The summed E-state index contributed by atoms with van der Waals surface area (Å²) in [7, 11) is 0. The van der Waals surface area contributed by atoms with E-state index < -0.39 is 5.82 Å². The van der Waals surface area contributed by atoms with Gasteiger partial charge in [-0.25, -0.2) is 9.37 Å². The summed E-state index contributed by atoms with van der Waals surface area (Å²) in [6.45, 7) is 0. The smallest absolute Gasteiger partial charge is 0.258 e. The van der Waals surface area contributed by atoms with E-state index in [0.29, 0.717) is 11.1 Å². The van der Waals surface area contributed by atoms with Crippen molar-refractivity contribution in [1.29, 1.82) is 0 Å². The molecule has 76 valence electrons. The van der Waals surface area contributed by atoms with Gasteiger partial charge in [0.1, 0.15) is 5.82 Å². The predicted octanol–water partition coefficient (Wildman–Crippen LogP) is 2.23. The number of H-pyrrole nitrogens is 1. The molecule has 0 saturated carbocycles. The molecule has 0 unspecified atom stereocenters. The van der Waals surface area contributed by atoms with E-state index in [4.69, 9.17) is 11.6 Å². The highest BCUT2D eigenvalue weighted by Crippen LogP contribution is 2.21. The SMILES string of the molecule is O=c1[nH]cncc1-c1ccc(F)c(Cl)c1. The van der Waals surface area contributed by atoms with E-state index in [9.17, 15) is 9.18 Å². The van der Waals surface area contributed by atoms with E-state index in [-0.39, 0.29) is 10.6 Å². The van der Waals surface area contributed by atoms with Gasteiger partial charge in [-0.05, 0) is 17.7 Å². The molecule has 1 heterocycles. The zero-order chi connectivity index (χ0) is 10.8. The minimum absolute atomic E-state index is 0.0178. The Morgan fingerprint density at radius 1 is 1.40 bits per heavy atom. The molecule has 0 spiro atoms. The number of nitrogens with one attached hydrogen (secondary N) is 1. The maximum absolute atomic E-state index is 12.9. The third kappa shape index (κ3) is 1.89. The molecule has 0 fully saturated rings. The Hall–Kier alpha value is -1.68. The summed E-state index contributed by atoms with van der Waals surface area (Å²) in [5.41, 5.74) is 0.614. The van der Waals surface area contributed by atoms with Crippen LogP contribution in [0.3, 0.4) is 0 Å². The molecule has 2 aromatic rings. The van der Waals surface area contributed by atoms with E-state index in [1.165, 1.54) is 30.7 Å². The van der Waals surface area contributed by atoms with Crippen molar-refractivity contribution in [3.63, 3.8) is 0 Å². The molecule has 2 rings (SSSR count). The molecule has 15 heavy (non-hydrogen) atoms. The zero-order valence-corrected chi connectivity index (χ0v) is 8.25. The molecular formula is C10H6ClFN2O. The van der Waals surface area contributed by atoms with Crippen molar-refractivity contribution in [3.05, 3.63) is 51.9 Å². The lowest BCUT2D eigenvalue weighted by molar-refractivity contribution is 0.628. The average molecular weight is 225 g/mol. The predicted molar refractivity (Wildman–Crippen MR) is 55.3 cm³/mol. The molecule has 0 aliphatic heterocycles. The number of benzene rings is 1. The van der Waals surface area contributed by atoms with Crippen molar-refractivity contribution in [1.82, 2.24) is 9.97 Å². The number of hydrogen-bond acceptors (Lipinski definition) is 2. The van der Waals surface area contributed by atoms with Crippen LogP contribution in [0.25, 0.3) is 11.1 Å². The lowest BCUT2D eigenvalue weighted by Gasteiger charge is -2.00. The van der Waals surface area contributed by atoms with Gasteiger partial charge in [0.2, 0.25) is 0 Å². The van der Waals surface area contributed by atoms with Crippen molar-refractivity contribution < 1.29 is 4.39 Å². The minimum Gasteiger partial charge on any atom is -0.313 e. The van der Waals surface area contributed by atoms with E-state index in [1.54, 1.807) is 0 Å². The van der Waals surface area contributed by atoms with Gasteiger partial charge in [-0.2, -0.15) is 0 Å². The van der Waals surface area contributed by atoms with Gasteiger partial charge < -0.3 is 4.98 Å². The van der Waals surface area contributed by atoms with Crippen molar-refractivity contribution in [2.24, 2.45) is 0 Å². The maximum Gasteiger partial charge on any atom is 0.258 e. The average Bonchev–Trinajstić information content (AvgIpc) is 2.23. The fraction of sp³-hybridized carbons (Fsp3) is 0. The number of halogens is 2. The largest absolute Gasteiger partial charge is 0.313 e. The van der Waals surface area contributed by atoms with Gasteiger partial charge in [0.15, 0.2) is 0 Å². The van der Waals surface area contributed by atoms with Crippen LogP contribution >= 0.6 is 11.6 Å². The van der Waals surface area contributed by atoms with E-state index in [0.717, 1.165) is 0 Å². The summed E-state index contributed by atoms with van der Waals surface area (Å²) in [5.74, 6) is -0.513. The standard InChI is InChI=1S/C10H6ClFN2O/c11-8-3-6(1-2-9(8)12)7-4-13-5-14-10(7)15/h1-5H,(H,13,14,15). The molecule has 3 nitrogen and oxygen atoms in total. The third-order valence-corrected chi connectivity index (χ3v) is 2.24. The lowest BCUT2D eigenvalue weighted by atomic mass is 10.1. The molecule has 1 aromatic carbocycles. The van der Waals surface area contributed by atoms with Gasteiger partial charge in [-0.3, -0.25) is 4.79 Å².